The number of ether oxygens (including phenoxy) is 1. The highest BCUT2D eigenvalue weighted by Gasteiger charge is 2.39. The SMILES string of the molecule is COc1cccc(C2(Nc3ncc(-c4nnc(C(F)F)o4)cn3)CCC2)c1. The number of alkyl halides is 2. The van der Waals surface area contributed by atoms with Crippen LogP contribution >= 0.6 is 0 Å². The lowest BCUT2D eigenvalue weighted by atomic mass is 9.72. The molecule has 1 saturated carbocycles. The number of nitrogens with one attached hydrogen (secondary N) is 1. The van der Waals surface area contributed by atoms with Crippen molar-refractivity contribution >= 4 is 5.95 Å². The largest absolute Gasteiger partial charge is 0.497 e. The molecular weight excluding hydrogens is 356 g/mol. The van der Waals surface area contributed by atoms with Gasteiger partial charge in [0, 0.05) is 12.4 Å². The summed E-state index contributed by atoms with van der Waals surface area (Å²) in [5.74, 6) is 0.472. The van der Waals surface area contributed by atoms with Gasteiger partial charge in [-0.25, -0.2) is 9.97 Å². The molecule has 0 aliphatic heterocycles. The van der Waals surface area contributed by atoms with Gasteiger partial charge in [-0.1, -0.05) is 12.1 Å². The lowest BCUT2D eigenvalue weighted by molar-refractivity contribution is 0.116. The number of hydrogen-bond acceptors (Lipinski definition) is 7. The van der Waals surface area contributed by atoms with Crippen LogP contribution in [-0.4, -0.2) is 27.3 Å². The van der Waals surface area contributed by atoms with Gasteiger partial charge in [-0.2, -0.15) is 8.78 Å². The minimum atomic E-state index is -2.81. The minimum Gasteiger partial charge on any atom is -0.497 e. The lowest BCUT2D eigenvalue weighted by Gasteiger charge is -2.43. The Morgan fingerprint density at radius 3 is 2.56 bits per heavy atom. The standard InChI is InChI=1S/C18H17F2N5O2/c1-26-13-5-2-4-12(8-13)18(6-3-7-18)23-17-21-9-11(10-22-17)15-24-25-16(27-15)14(19)20/h2,4-5,8-10,14H,3,6-7H2,1H3,(H,21,22,23). The average molecular weight is 373 g/mol. The molecule has 3 aromatic rings. The van der Waals surface area contributed by atoms with Crippen molar-refractivity contribution in [1.82, 2.24) is 20.2 Å². The van der Waals surface area contributed by atoms with Crippen LogP contribution in [-0.2, 0) is 5.54 Å². The Morgan fingerprint density at radius 2 is 1.96 bits per heavy atom. The van der Waals surface area contributed by atoms with Gasteiger partial charge >= 0.3 is 6.43 Å². The number of halogens is 2. The number of nitrogens with zero attached hydrogens (tertiary/aromatic N) is 4. The molecule has 140 valence electrons. The molecule has 0 saturated heterocycles. The fourth-order valence-corrected chi connectivity index (χ4v) is 3.09. The van der Waals surface area contributed by atoms with Gasteiger partial charge in [0.1, 0.15) is 5.75 Å². The van der Waals surface area contributed by atoms with Gasteiger partial charge in [-0.15, -0.1) is 10.2 Å². The Bertz CT molecular complexity index is 926. The number of aromatic nitrogens is 4. The molecule has 1 aliphatic carbocycles. The molecule has 2 heterocycles. The summed E-state index contributed by atoms with van der Waals surface area (Å²) in [5.41, 5.74) is 1.24. The van der Waals surface area contributed by atoms with Crippen molar-refractivity contribution in [3.8, 4) is 17.2 Å². The minimum absolute atomic E-state index is 0.0389. The van der Waals surface area contributed by atoms with E-state index < -0.39 is 12.3 Å². The van der Waals surface area contributed by atoms with Crippen LogP contribution in [0.4, 0.5) is 14.7 Å². The summed E-state index contributed by atoms with van der Waals surface area (Å²) in [6.07, 6.45) is 3.13. The van der Waals surface area contributed by atoms with Gasteiger partial charge in [0.25, 0.3) is 11.8 Å². The highest BCUT2D eigenvalue weighted by molar-refractivity contribution is 5.51. The number of methoxy groups -OCH3 is 1. The highest BCUT2D eigenvalue weighted by atomic mass is 19.3. The predicted octanol–water partition coefficient (Wildman–Crippen LogP) is 3.96. The summed E-state index contributed by atoms with van der Waals surface area (Å²) >= 11 is 0. The second-order valence-corrected chi connectivity index (χ2v) is 6.33. The molecule has 1 fully saturated rings. The van der Waals surface area contributed by atoms with E-state index in [0.717, 1.165) is 30.6 Å². The summed E-state index contributed by atoms with van der Waals surface area (Å²) in [5, 5.41) is 10.3. The molecule has 1 N–H and O–H groups in total. The Labute approximate surface area is 153 Å². The van der Waals surface area contributed by atoms with E-state index in [0.29, 0.717) is 11.5 Å². The Kier molecular flexibility index (Phi) is 4.43. The molecule has 4 rings (SSSR count). The predicted molar refractivity (Wildman–Crippen MR) is 92.4 cm³/mol. The third-order valence-electron chi connectivity index (χ3n) is 4.71. The van der Waals surface area contributed by atoms with Crippen molar-refractivity contribution in [3.63, 3.8) is 0 Å². The molecule has 1 aliphatic rings. The fraction of sp³-hybridized carbons (Fsp3) is 0.333. The normalized spacial score (nSPS) is 15.4. The highest BCUT2D eigenvalue weighted by Crippen LogP contribution is 2.44. The van der Waals surface area contributed by atoms with Crippen molar-refractivity contribution < 1.29 is 17.9 Å². The van der Waals surface area contributed by atoms with E-state index >= 15 is 0 Å². The zero-order valence-electron chi connectivity index (χ0n) is 14.5. The van der Waals surface area contributed by atoms with E-state index in [2.05, 4.69) is 25.5 Å². The molecule has 0 unspecified atom stereocenters. The molecule has 0 atom stereocenters. The van der Waals surface area contributed by atoms with Crippen molar-refractivity contribution in [1.29, 1.82) is 0 Å². The van der Waals surface area contributed by atoms with Gasteiger partial charge in [-0.3, -0.25) is 0 Å². The first-order chi connectivity index (χ1) is 13.1. The van der Waals surface area contributed by atoms with Crippen LogP contribution in [0.5, 0.6) is 5.75 Å². The third kappa shape index (κ3) is 3.32. The van der Waals surface area contributed by atoms with Gasteiger partial charge in [0.15, 0.2) is 0 Å². The maximum Gasteiger partial charge on any atom is 0.314 e. The molecule has 2 aromatic heterocycles. The summed E-state index contributed by atoms with van der Waals surface area (Å²) in [4.78, 5) is 8.55. The molecule has 0 spiro atoms. The second kappa shape index (κ2) is 6.90. The molecule has 7 nitrogen and oxygen atoms in total. The van der Waals surface area contributed by atoms with Crippen molar-refractivity contribution in [2.24, 2.45) is 0 Å². The van der Waals surface area contributed by atoms with Crippen LogP contribution in [0.2, 0.25) is 0 Å². The maximum atomic E-state index is 12.6. The van der Waals surface area contributed by atoms with Crippen LogP contribution in [0.1, 0.15) is 37.1 Å². The van der Waals surface area contributed by atoms with Gasteiger partial charge in [-0.05, 0) is 37.0 Å². The third-order valence-corrected chi connectivity index (χ3v) is 4.71. The molecule has 0 radical (unpaired) electrons. The van der Waals surface area contributed by atoms with Gasteiger partial charge in [0.2, 0.25) is 5.95 Å². The Hall–Kier alpha value is -3.10. The van der Waals surface area contributed by atoms with E-state index in [-0.39, 0.29) is 11.4 Å². The first-order valence-electron chi connectivity index (χ1n) is 8.46. The number of anilines is 1. The Balaban J connectivity index is 1.54. The van der Waals surface area contributed by atoms with Crippen LogP contribution in [0.15, 0.2) is 41.1 Å². The molecular formula is C18H17F2N5O2. The summed E-state index contributed by atoms with van der Waals surface area (Å²) in [7, 11) is 1.64. The average Bonchev–Trinajstić information content (AvgIpc) is 3.16. The molecule has 0 amide bonds. The van der Waals surface area contributed by atoms with Crippen molar-refractivity contribution in [2.75, 3.05) is 12.4 Å². The van der Waals surface area contributed by atoms with E-state index in [1.54, 1.807) is 7.11 Å². The number of rotatable bonds is 6. The van der Waals surface area contributed by atoms with Crippen LogP contribution in [0.25, 0.3) is 11.5 Å². The van der Waals surface area contributed by atoms with Crippen LogP contribution < -0.4 is 10.1 Å². The van der Waals surface area contributed by atoms with Gasteiger partial charge < -0.3 is 14.5 Å². The summed E-state index contributed by atoms with van der Waals surface area (Å²) in [6.45, 7) is 0. The monoisotopic (exact) mass is 373 g/mol. The van der Waals surface area contributed by atoms with E-state index in [1.807, 2.05) is 24.3 Å². The molecule has 0 bridgehead atoms. The maximum absolute atomic E-state index is 12.6. The first kappa shape index (κ1) is 17.3. The zero-order valence-corrected chi connectivity index (χ0v) is 14.5. The fourth-order valence-electron chi connectivity index (χ4n) is 3.09. The second-order valence-electron chi connectivity index (χ2n) is 6.33. The first-order valence-corrected chi connectivity index (χ1v) is 8.46. The van der Waals surface area contributed by atoms with Crippen molar-refractivity contribution in [2.45, 2.75) is 31.2 Å². The quantitative estimate of drug-likeness (QED) is 0.700. The van der Waals surface area contributed by atoms with E-state index in [4.69, 9.17) is 9.15 Å². The zero-order chi connectivity index (χ0) is 18.9. The van der Waals surface area contributed by atoms with Gasteiger partial charge in [0.05, 0.1) is 18.2 Å². The van der Waals surface area contributed by atoms with E-state index in [1.165, 1.54) is 12.4 Å². The Morgan fingerprint density at radius 1 is 1.19 bits per heavy atom. The van der Waals surface area contributed by atoms with Crippen LogP contribution in [0, 0.1) is 0 Å². The topological polar surface area (TPSA) is 86.0 Å². The van der Waals surface area contributed by atoms with Crippen molar-refractivity contribution in [3.05, 3.63) is 48.1 Å². The smallest absolute Gasteiger partial charge is 0.314 e. The molecule has 1 aromatic carbocycles. The molecule has 9 heteroatoms. The number of benzene rings is 1. The summed E-state index contributed by atoms with van der Waals surface area (Å²) < 4.78 is 35.3. The number of hydrogen-bond donors (Lipinski definition) is 1. The lowest BCUT2D eigenvalue weighted by Crippen LogP contribution is -2.42. The van der Waals surface area contributed by atoms with Crippen LogP contribution in [0.3, 0.4) is 0 Å². The molecule has 27 heavy (non-hydrogen) atoms. The summed E-state index contributed by atoms with van der Waals surface area (Å²) in [6, 6.07) is 7.91. The van der Waals surface area contributed by atoms with E-state index in [9.17, 15) is 8.78 Å².